The third kappa shape index (κ3) is 4.30. The summed E-state index contributed by atoms with van der Waals surface area (Å²) >= 11 is 3.24. The molecule has 0 bridgehead atoms. The van der Waals surface area contributed by atoms with Crippen molar-refractivity contribution in [2.24, 2.45) is 0 Å². The van der Waals surface area contributed by atoms with Gasteiger partial charge < -0.3 is 0 Å². The number of hydrogen-bond acceptors (Lipinski definition) is 0. The lowest BCUT2D eigenvalue weighted by Gasteiger charge is -2.17. The van der Waals surface area contributed by atoms with E-state index >= 15 is 0 Å². The van der Waals surface area contributed by atoms with Gasteiger partial charge in [-0.25, -0.2) is 4.39 Å². The molecule has 0 amide bonds. The topological polar surface area (TPSA) is 0 Å². The van der Waals surface area contributed by atoms with E-state index in [4.69, 9.17) is 0 Å². The number of aryl methyl sites for hydroxylation is 2. The second-order valence-electron chi connectivity index (χ2n) is 4.07. The van der Waals surface area contributed by atoms with Crippen LogP contribution in [-0.4, -0.2) is 6.18 Å². The normalized spacial score (nSPS) is 13.8. The van der Waals surface area contributed by atoms with Gasteiger partial charge in [0.1, 0.15) is 5.82 Å². The maximum atomic E-state index is 13.1. The van der Waals surface area contributed by atoms with Crippen LogP contribution in [0.25, 0.3) is 0 Å². The van der Waals surface area contributed by atoms with Crippen molar-refractivity contribution in [3.63, 3.8) is 0 Å². The zero-order valence-corrected chi connectivity index (χ0v) is 11.1. The Kier molecular flexibility index (Phi) is 4.58. The van der Waals surface area contributed by atoms with Crippen LogP contribution in [-0.2, 0) is 0 Å². The van der Waals surface area contributed by atoms with E-state index in [1.165, 1.54) is 12.1 Å². The van der Waals surface area contributed by atoms with Crippen LogP contribution in [0.1, 0.15) is 34.4 Å². The van der Waals surface area contributed by atoms with E-state index in [-0.39, 0.29) is 12.2 Å². The Labute approximate surface area is 106 Å². The van der Waals surface area contributed by atoms with Gasteiger partial charge in [-0.3, -0.25) is 0 Å². The van der Waals surface area contributed by atoms with Gasteiger partial charge in [-0.2, -0.15) is 13.2 Å². The van der Waals surface area contributed by atoms with Crippen molar-refractivity contribution in [3.8, 4) is 0 Å². The van der Waals surface area contributed by atoms with Gasteiger partial charge in [0.25, 0.3) is 0 Å². The third-order valence-corrected chi connectivity index (χ3v) is 3.47. The van der Waals surface area contributed by atoms with Crippen molar-refractivity contribution in [2.45, 2.75) is 37.7 Å². The average molecular weight is 313 g/mol. The molecule has 0 heterocycles. The maximum absolute atomic E-state index is 13.1. The first kappa shape index (κ1) is 14.5. The van der Waals surface area contributed by atoms with Gasteiger partial charge in [0.15, 0.2) is 0 Å². The molecule has 1 atom stereocenters. The van der Waals surface area contributed by atoms with Gasteiger partial charge in [0, 0.05) is 11.2 Å². The van der Waals surface area contributed by atoms with Crippen LogP contribution in [0.15, 0.2) is 12.1 Å². The molecule has 0 aliphatic carbocycles. The monoisotopic (exact) mass is 312 g/mol. The maximum Gasteiger partial charge on any atom is 0.389 e. The molecule has 1 unspecified atom stereocenters. The van der Waals surface area contributed by atoms with E-state index in [2.05, 4.69) is 15.9 Å². The lowest BCUT2D eigenvalue weighted by atomic mass is 9.97. The molecule has 0 radical (unpaired) electrons. The molecule has 96 valence electrons. The largest absolute Gasteiger partial charge is 0.389 e. The van der Waals surface area contributed by atoms with Crippen molar-refractivity contribution in [3.05, 3.63) is 34.6 Å². The Balaban J connectivity index is 2.86. The predicted octanol–water partition coefficient (Wildman–Crippen LogP) is 5.22. The highest BCUT2D eigenvalue weighted by atomic mass is 79.9. The fourth-order valence-corrected chi connectivity index (χ4v) is 2.80. The molecule has 1 aromatic rings. The molecule has 1 rings (SSSR count). The van der Waals surface area contributed by atoms with E-state index in [1.807, 2.05) is 0 Å². The van der Waals surface area contributed by atoms with E-state index < -0.39 is 17.4 Å². The molecule has 0 saturated heterocycles. The minimum atomic E-state index is -4.16. The van der Waals surface area contributed by atoms with Crippen LogP contribution < -0.4 is 0 Å². The van der Waals surface area contributed by atoms with Crippen LogP contribution in [0.5, 0.6) is 0 Å². The molecule has 0 nitrogen and oxygen atoms in total. The Morgan fingerprint density at radius 1 is 1.18 bits per heavy atom. The number of benzene rings is 1. The summed E-state index contributed by atoms with van der Waals surface area (Å²) in [7, 11) is 0. The van der Waals surface area contributed by atoms with Gasteiger partial charge in [-0.1, -0.05) is 15.9 Å². The SMILES string of the molecule is Cc1cc(F)cc(C)c1C(Br)CCC(F)(F)F. The number of rotatable bonds is 3. The van der Waals surface area contributed by atoms with Gasteiger partial charge in [0.2, 0.25) is 0 Å². The van der Waals surface area contributed by atoms with Crippen LogP contribution in [0.4, 0.5) is 17.6 Å². The first-order valence-corrected chi connectivity index (χ1v) is 6.09. The van der Waals surface area contributed by atoms with Crippen molar-refractivity contribution in [2.75, 3.05) is 0 Å². The fraction of sp³-hybridized carbons (Fsp3) is 0.500. The second-order valence-corrected chi connectivity index (χ2v) is 5.18. The van der Waals surface area contributed by atoms with E-state index in [1.54, 1.807) is 13.8 Å². The highest BCUT2D eigenvalue weighted by Gasteiger charge is 2.28. The van der Waals surface area contributed by atoms with Crippen LogP contribution in [0.3, 0.4) is 0 Å². The summed E-state index contributed by atoms with van der Waals surface area (Å²) < 4.78 is 49.4. The molecule has 1 aromatic carbocycles. The summed E-state index contributed by atoms with van der Waals surface area (Å²) in [6.07, 6.45) is -5.05. The second kappa shape index (κ2) is 5.38. The summed E-state index contributed by atoms with van der Waals surface area (Å²) in [4.78, 5) is -0.398. The number of hydrogen-bond donors (Lipinski definition) is 0. The smallest absolute Gasteiger partial charge is 0.207 e. The van der Waals surface area contributed by atoms with Gasteiger partial charge in [-0.05, 0) is 49.1 Å². The van der Waals surface area contributed by atoms with Gasteiger partial charge in [0.05, 0.1) is 0 Å². The molecule has 0 saturated carbocycles. The summed E-state index contributed by atoms with van der Waals surface area (Å²) in [5.74, 6) is -0.362. The zero-order chi connectivity index (χ0) is 13.2. The first-order valence-electron chi connectivity index (χ1n) is 5.18. The van der Waals surface area contributed by atoms with Crippen LogP contribution in [0.2, 0.25) is 0 Å². The quantitative estimate of drug-likeness (QED) is 0.530. The molecule has 0 N–H and O–H groups in total. The van der Waals surface area contributed by atoms with Crippen LogP contribution >= 0.6 is 15.9 Å². The fourth-order valence-electron chi connectivity index (χ4n) is 1.85. The lowest BCUT2D eigenvalue weighted by molar-refractivity contribution is -0.135. The lowest BCUT2D eigenvalue weighted by Crippen LogP contribution is -2.09. The number of halogens is 5. The highest BCUT2D eigenvalue weighted by molar-refractivity contribution is 9.09. The molecule has 5 heteroatoms. The summed E-state index contributed by atoms with van der Waals surface area (Å²) in [5.41, 5.74) is 2.09. The molecule has 0 fully saturated rings. The standard InChI is InChI=1S/C12H13BrF4/c1-7-5-9(14)6-8(2)11(7)10(13)3-4-12(15,16)17/h5-6,10H,3-4H2,1-2H3. The molecule has 0 spiro atoms. The minimum Gasteiger partial charge on any atom is -0.207 e. The van der Waals surface area contributed by atoms with E-state index in [0.717, 1.165) is 5.56 Å². The van der Waals surface area contributed by atoms with E-state index in [0.29, 0.717) is 11.1 Å². The molecule has 0 aliphatic rings. The van der Waals surface area contributed by atoms with Gasteiger partial charge in [-0.15, -0.1) is 0 Å². The Morgan fingerprint density at radius 3 is 2.06 bits per heavy atom. The Morgan fingerprint density at radius 2 is 1.65 bits per heavy atom. The molecular formula is C12H13BrF4. The third-order valence-electron chi connectivity index (χ3n) is 2.55. The zero-order valence-electron chi connectivity index (χ0n) is 9.54. The highest BCUT2D eigenvalue weighted by Crippen LogP contribution is 2.36. The Hall–Kier alpha value is -0.580. The van der Waals surface area contributed by atoms with Crippen molar-refractivity contribution < 1.29 is 17.6 Å². The first-order chi connectivity index (χ1) is 7.70. The van der Waals surface area contributed by atoms with Gasteiger partial charge >= 0.3 is 6.18 Å². The Bertz CT molecular complexity index is 375. The van der Waals surface area contributed by atoms with Crippen molar-refractivity contribution >= 4 is 15.9 Å². The van der Waals surface area contributed by atoms with Crippen molar-refractivity contribution in [1.29, 1.82) is 0 Å². The molecule has 0 aliphatic heterocycles. The van der Waals surface area contributed by atoms with E-state index in [9.17, 15) is 17.6 Å². The molecule has 0 aromatic heterocycles. The number of alkyl halides is 4. The average Bonchev–Trinajstić information content (AvgIpc) is 2.11. The molecule has 17 heavy (non-hydrogen) atoms. The summed E-state index contributed by atoms with van der Waals surface area (Å²) in [6, 6.07) is 2.67. The summed E-state index contributed by atoms with van der Waals surface area (Å²) in [5, 5.41) is 0. The minimum absolute atomic E-state index is 0.0448. The molecular weight excluding hydrogens is 300 g/mol. The van der Waals surface area contributed by atoms with Crippen molar-refractivity contribution in [1.82, 2.24) is 0 Å². The van der Waals surface area contributed by atoms with Crippen LogP contribution in [0, 0.1) is 19.7 Å². The summed E-state index contributed by atoms with van der Waals surface area (Å²) in [6.45, 7) is 3.40. The predicted molar refractivity (Wildman–Crippen MR) is 62.8 cm³/mol.